The molecule has 2 rings (SSSR count). The summed E-state index contributed by atoms with van der Waals surface area (Å²) in [6, 6.07) is 0. The van der Waals surface area contributed by atoms with Crippen LogP contribution in [0.3, 0.4) is 0 Å². The van der Waals surface area contributed by atoms with E-state index in [9.17, 15) is 4.79 Å². The van der Waals surface area contributed by atoms with Gasteiger partial charge in [0, 0.05) is 11.9 Å². The number of nitrogens with one attached hydrogen (secondary N) is 1. The molecule has 1 saturated heterocycles. The zero-order chi connectivity index (χ0) is 12.3. The van der Waals surface area contributed by atoms with Gasteiger partial charge in [-0.3, -0.25) is 9.69 Å². The normalized spacial score (nSPS) is 21.4. The maximum absolute atomic E-state index is 11.8. The SMILES string of the molecule is Cc1csc(NC(=O)CN2CCC[C@@H](C)C2)n1. The van der Waals surface area contributed by atoms with Crippen molar-refractivity contribution in [2.24, 2.45) is 5.92 Å². The van der Waals surface area contributed by atoms with Gasteiger partial charge in [-0.2, -0.15) is 0 Å². The Morgan fingerprint density at radius 1 is 1.71 bits per heavy atom. The molecule has 0 spiro atoms. The number of anilines is 1. The Bertz CT molecular complexity index is 391. The lowest BCUT2D eigenvalue weighted by atomic mass is 10.0. The van der Waals surface area contributed by atoms with Crippen LogP contribution in [0.25, 0.3) is 0 Å². The van der Waals surface area contributed by atoms with Gasteiger partial charge in [0.05, 0.1) is 12.2 Å². The Kier molecular flexibility index (Phi) is 4.12. The van der Waals surface area contributed by atoms with Gasteiger partial charge >= 0.3 is 0 Å². The van der Waals surface area contributed by atoms with Crippen molar-refractivity contribution in [1.82, 2.24) is 9.88 Å². The summed E-state index contributed by atoms with van der Waals surface area (Å²) in [5, 5.41) is 5.50. The van der Waals surface area contributed by atoms with Gasteiger partial charge < -0.3 is 5.32 Å². The van der Waals surface area contributed by atoms with E-state index in [0.29, 0.717) is 17.6 Å². The van der Waals surface area contributed by atoms with Gasteiger partial charge in [-0.1, -0.05) is 6.92 Å². The molecule has 1 aromatic heterocycles. The molecule has 2 heterocycles. The standard InChI is InChI=1S/C12H19N3OS/c1-9-4-3-5-15(6-9)7-11(16)14-12-13-10(2)8-17-12/h8-9H,3-7H2,1-2H3,(H,13,14,16)/t9-/m1/s1. The van der Waals surface area contributed by atoms with Crippen LogP contribution in [0.4, 0.5) is 5.13 Å². The Morgan fingerprint density at radius 3 is 3.18 bits per heavy atom. The fourth-order valence-electron chi connectivity index (χ4n) is 2.20. The van der Waals surface area contributed by atoms with E-state index in [4.69, 9.17) is 0 Å². The fraction of sp³-hybridized carbons (Fsp3) is 0.667. The third-order valence-electron chi connectivity index (χ3n) is 2.97. The van der Waals surface area contributed by atoms with Gasteiger partial charge in [0.1, 0.15) is 0 Å². The van der Waals surface area contributed by atoms with Crippen LogP contribution in [-0.4, -0.2) is 35.4 Å². The second-order valence-electron chi connectivity index (χ2n) is 4.82. The number of aryl methyl sites for hydroxylation is 1. The lowest BCUT2D eigenvalue weighted by Crippen LogP contribution is -2.39. The highest BCUT2D eigenvalue weighted by Gasteiger charge is 2.18. The average molecular weight is 253 g/mol. The summed E-state index contributed by atoms with van der Waals surface area (Å²) in [6.07, 6.45) is 2.48. The summed E-state index contributed by atoms with van der Waals surface area (Å²) in [5.74, 6) is 0.757. The molecule has 0 unspecified atom stereocenters. The minimum absolute atomic E-state index is 0.0495. The van der Waals surface area contributed by atoms with E-state index in [1.165, 1.54) is 24.2 Å². The van der Waals surface area contributed by atoms with Crippen LogP contribution in [0.1, 0.15) is 25.5 Å². The Morgan fingerprint density at radius 2 is 2.53 bits per heavy atom. The van der Waals surface area contributed by atoms with Gasteiger partial charge in [-0.15, -0.1) is 11.3 Å². The molecule has 4 nitrogen and oxygen atoms in total. The first-order valence-corrected chi connectivity index (χ1v) is 6.96. The number of carbonyl (C=O) groups is 1. The van der Waals surface area contributed by atoms with Crippen molar-refractivity contribution in [3.05, 3.63) is 11.1 Å². The quantitative estimate of drug-likeness (QED) is 0.897. The number of rotatable bonds is 3. The summed E-state index contributed by atoms with van der Waals surface area (Å²) >= 11 is 1.48. The molecule has 0 saturated carbocycles. The van der Waals surface area contributed by atoms with Gasteiger partial charge in [0.25, 0.3) is 0 Å². The van der Waals surface area contributed by atoms with Crippen molar-refractivity contribution in [2.45, 2.75) is 26.7 Å². The minimum Gasteiger partial charge on any atom is -0.301 e. The molecule has 0 aromatic carbocycles. The predicted octanol–water partition coefficient (Wildman–Crippen LogP) is 2.12. The number of amides is 1. The molecule has 1 aromatic rings. The van der Waals surface area contributed by atoms with Gasteiger partial charge in [0.15, 0.2) is 5.13 Å². The van der Waals surface area contributed by atoms with E-state index >= 15 is 0 Å². The molecular weight excluding hydrogens is 234 g/mol. The zero-order valence-electron chi connectivity index (χ0n) is 10.4. The number of nitrogens with zero attached hydrogens (tertiary/aromatic N) is 2. The molecule has 0 aliphatic carbocycles. The first-order chi connectivity index (χ1) is 8.13. The predicted molar refractivity (Wildman–Crippen MR) is 70.3 cm³/mol. The molecular formula is C12H19N3OS. The number of hydrogen-bond acceptors (Lipinski definition) is 4. The maximum atomic E-state index is 11.8. The lowest BCUT2D eigenvalue weighted by Gasteiger charge is -2.29. The van der Waals surface area contributed by atoms with E-state index in [-0.39, 0.29) is 5.91 Å². The van der Waals surface area contributed by atoms with E-state index in [1.54, 1.807) is 0 Å². The first-order valence-electron chi connectivity index (χ1n) is 6.08. The van der Waals surface area contributed by atoms with Crippen LogP contribution < -0.4 is 5.32 Å². The Balaban J connectivity index is 1.80. The summed E-state index contributed by atoms with van der Waals surface area (Å²) < 4.78 is 0. The molecule has 1 aliphatic heterocycles. The van der Waals surface area contributed by atoms with Crippen molar-refractivity contribution >= 4 is 22.4 Å². The highest BCUT2D eigenvalue weighted by Crippen LogP contribution is 2.16. The second kappa shape index (κ2) is 5.60. The number of aromatic nitrogens is 1. The van der Waals surface area contributed by atoms with E-state index < -0.39 is 0 Å². The van der Waals surface area contributed by atoms with Crippen LogP contribution in [0.5, 0.6) is 0 Å². The summed E-state index contributed by atoms with van der Waals surface area (Å²) in [6.45, 7) is 6.73. The third kappa shape index (κ3) is 3.78. The number of carbonyl (C=O) groups excluding carboxylic acids is 1. The van der Waals surface area contributed by atoms with Crippen molar-refractivity contribution in [1.29, 1.82) is 0 Å². The van der Waals surface area contributed by atoms with Crippen molar-refractivity contribution in [3.63, 3.8) is 0 Å². The summed E-state index contributed by atoms with van der Waals surface area (Å²) in [5.41, 5.74) is 0.955. The smallest absolute Gasteiger partial charge is 0.240 e. The topological polar surface area (TPSA) is 45.2 Å². The fourth-order valence-corrected chi connectivity index (χ4v) is 2.91. The molecule has 0 radical (unpaired) electrons. The number of hydrogen-bond donors (Lipinski definition) is 1. The zero-order valence-corrected chi connectivity index (χ0v) is 11.2. The average Bonchev–Trinajstić information content (AvgIpc) is 2.63. The monoisotopic (exact) mass is 253 g/mol. The molecule has 94 valence electrons. The number of thiazole rings is 1. The van der Waals surface area contributed by atoms with E-state index in [0.717, 1.165) is 18.8 Å². The van der Waals surface area contributed by atoms with Gasteiger partial charge in [0.2, 0.25) is 5.91 Å². The largest absolute Gasteiger partial charge is 0.301 e. The highest BCUT2D eigenvalue weighted by molar-refractivity contribution is 7.13. The Labute approximate surface area is 106 Å². The third-order valence-corrected chi connectivity index (χ3v) is 3.85. The lowest BCUT2D eigenvalue weighted by molar-refractivity contribution is -0.117. The van der Waals surface area contributed by atoms with E-state index in [2.05, 4.69) is 22.1 Å². The van der Waals surface area contributed by atoms with Crippen molar-refractivity contribution in [3.8, 4) is 0 Å². The molecule has 1 atom stereocenters. The minimum atomic E-state index is 0.0495. The summed E-state index contributed by atoms with van der Waals surface area (Å²) in [7, 11) is 0. The number of piperidine rings is 1. The van der Waals surface area contributed by atoms with Crippen LogP contribution in [-0.2, 0) is 4.79 Å². The summed E-state index contributed by atoms with van der Waals surface area (Å²) in [4.78, 5) is 18.3. The van der Waals surface area contributed by atoms with Crippen LogP contribution in [0, 0.1) is 12.8 Å². The molecule has 1 N–H and O–H groups in total. The Hall–Kier alpha value is -0.940. The van der Waals surface area contributed by atoms with Gasteiger partial charge in [-0.25, -0.2) is 4.98 Å². The maximum Gasteiger partial charge on any atom is 0.240 e. The second-order valence-corrected chi connectivity index (χ2v) is 5.68. The van der Waals surface area contributed by atoms with Crippen LogP contribution in [0.15, 0.2) is 5.38 Å². The first kappa shape index (κ1) is 12.5. The van der Waals surface area contributed by atoms with Crippen molar-refractivity contribution in [2.75, 3.05) is 25.0 Å². The number of likely N-dealkylation sites (tertiary alicyclic amines) is 1. The van der Waals surface area contributed by atoms with E-state index in [1.807, 2.05) is 12.3 Å². The molecule has 1 amide bonds. The highest BCUT2D eigenvalue weighted by atomic mass is 32.1. The van der Waals surface area contributed by atoms with Crippen LogP contribution >= 0.6 is 11.3 Å². The van der Waals surface area contributed by atoms with Crippen molar-refractivity contribution < 1.29 is 4.79 Å². The van der Waals surface area contributed by atoms with Gasteiger partial charge in [-0.05, 0) is 32.2 Å². The molecule has 5 heteroatoms. The molecule has 1 fully saturated rings. The molecule has 17 heavy (non-hydrogen) atoms. The molecule has 1 aliphatic rings. The van der Waals surface area contributed by atoms with Crippen LogP contribution in [0.2, 0.25) is 0 Å². The molecule has 0 bridgehead atoms.